The molecule has 1 aliphatic rings. The van der Waals surface area contributed by atoms with E-state index in [0.29, 0.717) is 35.7 Å². The zero-order valence-corrected chi connectivity index (χ0v) is 14.0. The Morgan fingerprint density at radius 1 is 1.24 bits per heavy atom. The number of hydrogen-bond donors (Lipinski definition) is 1. The van der Waals surface area contributed by atoms with E-state index in [2.05, 4.69) is 15.3 Å². The van der Waals surface area contributed by atoms with Crippen molar-refractivity contribution in [1.82, 2.24) is 15.3 Å². The van der Waals surface area contributed by atoms with Gasteiger partial charge in [0.1, 0.15) is 0 Å². The zero-order chi connectivity index (χ0) is 18.0. The molecule has 0 radical (unpaired) electrons. The minimum absolute atomic E-state index is 0.155. The zero-order valence-electron chi connectivity index (χ0n) is 14.0. The Balaban J connectivity index is 1.86. The number of carbonyl (C=O) groups excluding carboxylic acids is 2. The fraction of sp³-hybridized carbons (Fsp3) is 0.278. The molecule has 1 fully saturated rings. The summed E-state index contributed by atoms with van der Waals surface area (Å²) >= 11 is 0. The number of amides is 2. The van der Waals surface area contributed by atoms with Crippen molar-refractivity contribution in [3.63, 3.8) is 0 Å². The molecule has 25 heavy (non-hydrogen) atoms. The first-order valence-corrected chi connectivity index (χ1v) is 7.91. The van der Waals surface area contributed by atoms with Crippen LogP contribution in [0.25, 0.3) is 0 Å². The first-order chi connectivity index (χ1) is 12.0. The normalized spacial score (nSPS) is 14.8. The van der Waals surface area contributed by atoms with E-state index in [-0.39, 0.29) is 17.6 Å². The molecule has 1 N–H and O–H groups in total. The largest absolute Gasteiger partial charge is 0.336 e. The van der Waals surface area contributed by atoms with Gasteiger partial charge in [-0.05, 0) is 44.2 Å². The number of nitrogens with one attached hydrogen (secondary N) is 1. The summed E-state index contributed by atoms with van der Waals surface area (Å²) in [6.07, 6.45) is 0. The van der Waals surface area contributed by atoms with Gasteiger partial charge in [-0.1, -0.05) is 0 Å². The van der Waals surface area contributed by atoms with Crippen molar-refractivity contribution in [1.29, 1.82) is 5.26 Å². The molecule has 0 saturated carbocycles. The number of benzene rings is 1. The number of aryl methyl sites for hydroxylation is 2. The van der Waals surface area contributed by atoms with Crippen molar-refractivity contribution in [3.05, 3.63) is 53.1 Å². The van der Waals surface area contributed by atoms with Crippen LogP contribution in [0, 0.1) is 25.2 Å². The third kappa shape index (κ3) is 3.33. The highest BCUT2D eigenvalue weighted by atomic mass is 16.2. The Hall–Kier alpha value is -3.27. The summed E-state index contributed by atoms with van der Waals surface area (Å²) in [6.45, 7) is 4.78. The van der Waals surface area contributed by atoms with Crippen LogP contribution in [-0.4, -0.2) is 34.9 Å². The van der Waals surface area contributed by atoms with Crippen molar-refractivity contribution in [2.45, 2.75) is 19.8 Å². The van der Waals surface area contributed by atoms with E-state index in [1.807, 2.05) is 6.07 Å². The first kappa shape index (κ1) is 16.6. The lowest BCUT2D eigenvalue weighted by Crippen LogP contribution is -2.27. The van der Waals surface area contributed by atoms with Gasteiger partial charge in [-0.2, -0.15) is 5.26 Å². The molecule has 7 heteroatoms. The molecule has 3 rings (SSSR count). The molecule has 126 valence electrons. The Labute approximate surface area is 145 Å². The van der Waals surface area contributed by atoms with Crippen LogP contribution < -0.4 is 10.2 Å². The van der Waals surface area contributed by atoms with Crippen LogP contribution in [0.15, 0.2) is 30.3 Å². The molecule has 2 aromatic rings. The standard InChI is InChI=1S/C18H17N5O2/c1-11-9-12(2)22-17(21-11)15(10-19)16(24)13-3-5-14(6-4-13)23-8-7-20-18(23)25/h3-6,9,15H,7-8H2,1-2H3,(H,20,25)/t15-/m0/s1. The summed E-state index contributed by atoms with van der Waals surface area (Å²) in [5, 5.41) is 12.2. The highest BCUT2D eigenvalue weighted by Crippen LogP contribution is 2.22. The molecule has 1 saturated heterocycles. The smallest absolute Gasteiger partial charge is 0.321 e. The number of aromatic nitrogens is 2. The Morgan fingerprint density at radius 2 is 1.88 bits per heavy atom. The average Bonchev–Trinajstić information content (AvgIpc) is 3.01. The molecule has 0 unspecified atom stereocenters. The molecule has 1 aromatic carbocycles. The van der Waals surface area contributed by atoms with Gasteiger partial charge in [-0.25, -0.2) is 14.8 Å². The quantitative estimate of drug-likeness (QED) is 0.863. The molecular weight excluding hydrogens is 318 g/mol. The van der Waals surface area contributed by atoms with Gasteiger partial charge in [0.25, 0.3) is 0 Å². The maximum absolute atomic E-state index is 12.7. The Bertz CT molecular complexity index is 850. The second-order valence-electron chi connectivity index (χ2n) is 5.87. The number of urea groups is 1. The van der Waals surface area contributed by atoms with Gasteiger partial charge >= 0.3 is 6.03 Å². The number of anilines is 1. The van der Waals surface area contributed by atoms with Crippen molar-refractivity contribution in [2.75, 3.05) is 18.0 Å². The summed E-state index contributed by atoms with van der Waals surface area (Å²) in [4.78, 5) is 34.4. The lowest BCUT2D eigenvalue weighted by Gasteiger charge is -2.15. The summed E-state index contributed by atoms with van der Waals surface area (Å²) in [6, 6.07) is 10.3. The highest BCUT2D eigenvalue weighted by molar-refractivity contribution is 6.03. The Morgan fingerprint density at radius 3 is 2.40 bits per heavy atom. The molecule has 2 amide bonds. The van der Waals surface area contributed by atoms with E-state index < -0.39 is 5.92 Å². The maximum atomic E-state index is 12.7. The monoisotopic (exact) mass is 335 g/mol. The van der Waals surface area contributed by atoms with Gasteiger partial charge in [0.2, 0.25) is 0 Å². The molecule has 0 aliphatic carbocycles. The van der Waals surface area contributed by atoms with Crippen molar-refractivity contribution < 1.29 is 9.59 Å². The van der Waals surface area contributed by atoms with Crippen LogP contribution in [0.1, 0.15) is 33.5 Å². The predicted molar refractivity (Wildman–Crippen MR) is 91.4 cm³/mol. The second-order valence-corrected chi connectivity index (χ2v) is 5.87. The van der Waals surface area contributed by atoms with Crippen molar-refractivity contribution >= 4 is 17.5 Å². The van der Waals surface area contributed by atoms with Crippen LogP contribution in [0.3, 0.4) is 0 Å². The number of nitriles is 1. The van der Waals surface area contributed by atoms with Crippen LogP contribution >= 0.6 is 0 Å². The van der Waals surface area contributed by atoms with E-state index in [4.69, 9.17) is 0 Å². The lowest BCUT2D eigenvalue weighted by molar-refractivity contribution is 0.0976. The summed E-state index contributed by atoms with van der Waals surface area (Å²) in [5.41, 5.74) is 2.53. The number of nitrogens with zero attached hydrogens (tertiary/aromatic N) is 4. The molecule has 0 bridgehead atoms. The van der Waals surface area contributed by atoms with Crippen LogP contribution in [-0.2, 0) is 0 Å². The third-order valence-electron chi connectivity index (χ3n) is 3.97. The van der Waals surface area contributed by atoms with E-state index in [0.717, 1.165) is 0 Å². The molecule has 0 spiro atoms. The minimum Gasteiger partial charge on any atom is -0.336 e. The molecule has 1 aliphatic heterocycles. The predicted octanol–water partition coefficient (Wildman–Crippen LogP) is 2.11. The summed E-state index contributed by atoms with van der Waals surface area (Å²) in [7, 11) is 0. The van der Waals surface area contributed by atoms with Crippen LogP contribution in [0.5, 0.6) is 0 Å². The maximum Gasteiger partial charge on any atom is 0.321 e. The fourth-order valence-corrected chi connectivity index (χ4v) is 2.81. The number of rotatable bonds is 4. The molecule has 7 nitrogen and oxygen atoms in total. The fourth-order valence-electron chi connectivity index (χ4n) is 2.81. The second kappa shape index (κ2) is 6.69. The van der Waals surface area contributed by atoms with Gasteiger partial charge in [-0.15, -0.1) is 0 Å². The molecular formula is C18H17N5O2. The number of Topliss-reactive ketones (excluding diaryl/α,β-unsaturated/α-hetero) is 1. The van der Waals surface area contributed by atoms with E-state index in [9.17, 15) is 14.9 Å². The van der Waals surface area contributed by atoms with Gasteiger partial charge in [-0.3, -0.25) is 9.69 Å². The summed E-state index contributed by atoms with van der Waals surface area (Å²) < 4.78 is 0. The molecule has 1 atom stereocenters. The van der Waals surface area contributed by atoms with Crippen LogP contribution in [0.2, 0.25) is 0 Å². The van der Waals surface area contributed by atoms with E-state index >= 15 is 0 Å². The number of ketones is 1. The van der Waals surface area contributed by atoms with E-state index in [1.165, 1.54) is 0 Å². The minimum atomic E-state index is -1.06. The van der Waals surface area contributed by atoms with Crippen molar-refractivity contribution in [2.24, 2.45) is 0 Å². The van der Waals surface area contributed by atoms with Gasteiger partial charge < -0.3 is 5.32 Å². The Kier molecular flexibility index (Phi) is 4.44. The van der Waals surface area contributed by atoms with Gasteiger partial charge in [0.05, 0.1) is 6.07 Å². The number of hydrogen-bond acceptors (Lipinski definition) is 5. The third-order valence-corrected chi connectivity index (χ3v) is 3.97. The molecule has 2 heterocycles. The first-order valence-electron chi connectivity index (χ1n) is 7.91. The van der Waals surface area contributed by atoms with Gasteiger partial charge in [0, 0.05) is 35.7 Å². The molecule has 1 aromatic heterocycles. The van der Waals surface area contributed by atoms with E-state index in [1.54, 1.807) is 49.1 Å². The van der Waals surface area contributed by atoms with Gasteiger partial charge in [0.15, 0.2) is 17.5 Å². The lowest BCUT2D eigenvalue weighted by atomic mass is 9.97. The summed E-state index contributed by atoms with van der Waals surface area (Å²) in [5.74, 6) is -1.20. The number of carbonyl (C=O) groups is 2. The average molecular weight is 335 g/mol. The SMILES string of the molecule is Cc1cc(C)nc([C@@H](C#N)C(=O)c2ccc(N3CCNC3=O)cc2)n1. The highest BCUT2D eigenvalue weighted by Gasteiger charge is 2.26. The topological polar surface area (TPSA) is 99.0 Å². The van der Waals surface area contributed by atoms with Crippen molar-refractivity contribution in [3.8, 4) is 6.07 Å². The van der Waals surface area contributed by atoms with Crippen LogP contribution in [0.4, 0.5) is 10.5 Å².